The van der Waals surface area contributed by atoms with Gasteiger partial charge in [0.15, 0.2) is 0 Å². The van der Waals surface area contributed by atoms with Crippen LogP contribution in [0.1, 0.15) is 18.4 Å². The summed E-state index contributed by atoms with van der Waals surface area (Å²) in [4.78, 5) is 2.92. The first-order valence-corrected chi connectivity index (χ1v) is 6.17. The molecule has 1 heterocycles. The van der Waals surface area contributed by atoms with Crippen LogP contribution in [0.5, 0.6) is 17.2 Å². The van der Waals surface area contributed by atoms with Crippen molar-refractivity contribution in [3.8, 4) is 17.2 Å². The Labute approximate surface area is 117 Å². The molecule has 0 aliphatic carbocycles. The molecule has 2 rings (SSSR count). The molecule has 6 nitrogen and oxygen atoms in total. The largest absolute Gasteiger partial charge is 0.496 e. The molecule has 106 valence electrons. The third kappa shape index (κ3) is 2.14. The Balaban J connectivity index is 2.64. The molecule has 0 aromatic heterocycles. The van der Waals surface area contributed by atoms with Crippen LogP contribution in [-0.4, -0.2) is 26.4 Å². The van der Waals surface area contributed by atoms with Gasteiger partial charge in [0.1, 0.15) is 23.9 Å². The van der Waals surface area contributed by atoms with Gasteiger partial charge in [-0.15, -0.1) is 6.58 Å². The van der Waals surface area contributed by atoms with Gasteiger partial charge < -0.3 is 14.2 Å². The normalized spacial score (nSPS) is 23.9. The maximum absolute atomic E-state index is 8.77. The van der Waals surface area contributed by atoms with Crippen molar-refractivity contribution in [2.24, 2.45) is 5.11 Å². The summed E-state index contributed by atoms with van der Waals surface area (Å²) in [6.07, 6.45) is 1.75. The highest BCUT2D eigenvalue weighted by Gasteiger charge is 2.41. The molecule has 6 heteroatoms. The summed E-state index contributed by atoms with van der Waals surface area (Å²) >= 11 is 0. The number of benzene rings is 1. The number of fused-ring (bicyclic) bond motifs is 1. The molecule has 1 aliphatic heterocycles. The summed E-state index contributed by atoms with van der Waals surface area (Å²) in [6.45, 7) is 5.97. The van der Waals surface area contributed by atoms with Crippen LogP contribution >= 0.6 is 0 Å². The summed E-state index contributed by atoms with van der Waals surface area (Å²) < 4.78 is 16.4. The summed E-state index contributed by atoms with van der Waals surface area (Å²) in [7, 11) is 3.16. The van der Waals surface area contributed by atoms with Crippen molar-refractivity contribution in [3.63, 3.8) is 0 Å². The molecule has 0 spiro atoms. The lowest BCUT2D eigenvalue weighted by Crippen LogP contribution is -2.40. The maximum Gasteiger partial charge on any atom is 0.130 e. The van der Waals surface area contributed by atoms with E-state index in [4.69, 9.17) is 19.7 Å². The fourth-order valence-electron chi connectivity index (χ4n) is 2.48. The van der Waals surface area contributed by atoms with Gasteiger partial charge in [-0.2, -0.15) is 0 Å². The molecule has 0 N–H and O–H groups in total. The van der Waals surface area contributed by atoms with E-state index in [-0.39, 0.29) is 12.5 Å². The van der Waals surface area contributed by atoms with Gasteiger partial charge in [0.25, 0.3) is 0 Å². The highest BCUT2D eigenvalue weighted by molar-refractivity contribution is 5.56. The highest BCUT2D eigenvalue weighted by atomic mass is 16.5. The van der Waals surface area contributed by atoms with Crippen molar-refractivity contribution in [2.45, 2.75) is 18.4 Å². The quantitative estimate of drug-likeness (QED) is 0.365. The molecular formula is C14H17N3O3. The van der Waals surface area contributed by atoms with Gasteiger partial charge in [0.2, 0.25) is 0 Å². The maximum atomic E-state index is 8.77. The standard InChI is InChI=1S/C14H17N3O3/c1-5-10-13-11(19-4)6-9(18-3)7-12(13)20-8-14(10,2)16-17-15/h5-7,10H,1,8H2,2-4H3/t10-,14?/m0/s1. The molecule has 0 amide bonds. The summed E-state index contributed by atoms with van der Waals surface area (Å²) in [5, 5.41) is 3.88. The molecule has 20 heavy (non-hydrogen) atoms. The molecule has 1 aliphatic rings. The number of methoxy groups -OCH3 is 2. The zero-order chi connectivity index (χ0) is 14.8. The SMILES string of the molecule is C=C[C@H]1c2c(OC)cc(OC)cc2OCC1(C)N=[N+]=[N-]. The zero-order valence-corrected chi connectivity index (χ0v) is 11.8. The van der Waals surface area contributed by atoms with E-state index >= 15 is 0 Å². The zero-order valence-electron chi connectivity index (χ0n) is 11.8. The van der Waals surface area contributed by atoms with E-state index < -0.39 is 5.54 Å². The summed E-state index contributed by atoms with van der Waals surface area (Å²) in [5.74, 6) is 1.75. The predicted octanol–water partition coefficient (Wildman–Crippen LogP) is 3.43. The van der Waals surface area contributed by atoms with Crippen LogP contribution in [0, 0.1) is 0 Å². The Bertz CT molecular complexity index is 564. The van der Waals surface area contributed by atoms with Gasteiger partial charge in [-0.05, 0) is 12.5 Å². The molecule has 1 unspecified atom stereocenters. The third-order valence-electron chi connectivity index (χ3n) is 3.54. The van der Waals surface area contributed by atoms with E-state index in [0.29, 0.717) is 17.2 Å². The van der Waals surface area contributed by atoms with Crippen LogP contribution in [-0.2, 0) is 0 Å². The van der Waals surface area contributed by atoms with Gasteiger partial charge in [0.05, 0.1) is 19.8 Å². The van der Waals surface area contributed by atoms with Crippen LogP contribution in [0.3, 0.4) is 0 Å². The molecule has 0 saturated carbocycles. The number of rotatable bonds is 4. The number of hydrogen-bond donors (Lipinski definition) is 0. The Morgan fingerprint density at radius 1 is 1.50 bits per heavy atom. The second-order valence-corrected chi connectivity index (χ2v) is 4.79. The minimum atomic E-state index is -0.731. The van der Waals surface area contributed by atoms with E-state index in [2.05, 4.69) is 16.6 Å². The summed E-state index contributed by atoms with van der Waals surface area (Å²) in [5.41, 5.74) is 8.86. The number of hydrogen-bond acceptors (Lipinski definition) is 4. The lowest BCUT2D eigenvalue weighted by atomic mass is 9.79. The Hall–Kier alpha value is -2.33. The van der Waals surface area contributed by atoms with Gasteiger partial charge in [-0.3, -0.25) is 0 Å². The van der Waals surface area contributed by atoms with Crippen molar-refractivity contribution >= 4 is 0 Å². The van der Waals surface area contributed by atoms with Crippen molar-refractivity contribution < 1.29 is 14.2 Å². The minimum absolute atomic E-state index is 0.192. The molecular weight excluding hydrogens is 258 g/mol. The number of nitrogens with zero attached hydrogens (tertiary/aromatic N) is 3. The van der Waals surface area contributed by atoms with Crippen molar-refractivity contribution in [3.05, 3.63) is 40.8 Å². The van der Waals surface area contributed by atoms with Crippen LogP contribution in [0.15, 0.2) is 29.9 Å². The third-order valence-corrected chi connectivity index (χ3v) is 3.54. The molecule has 0 radical (unpaired) electrons. The fourth-order valence-corrected chi connectivity index (χ4v) is 2.48. The Kier molecular flexibility index (Phi) is 3.77. The fraction of sp³-hybridized carbons (Fsp3) is 0.429. The molecule has 2 atom stereocenters. The van der Waals surface area contributed by atoms with Crippen LogP contribution in [0.25, 0.3) is 10.4 Å². The number of ether oxygens (including phenoxy) is 3. The first-order chi connectivity index (χ1) is 9.59. The van der Waals surface area contributed by atoms with E-state index in [1.165, 1.54) is 0 Å². The lowest BCUT2D eigenvalue weighted by molar-refractivity contribution is 0.185. The Morgan fingerprint density at radius 2 is 2.25 bits per heavy atom. The summed E-state index contributed by atoms with van der Waals surface area (Å²) in [6, 6.07) is 3.57. The van der Waals surface area contributed by atoms with Crippen molar-refractivity contribution in [1.29, 1.82) is 0 Å². The van der Waals surface area contributed by atoms with E-state index in [0.717, 1.165) is 5.56 Å². The molecule has 0 bridgehead atoms. The molecule has 0 saturated heterocycles. The molecule has 1 aromatic carbocycles. The van der Waals surface area contributed by atoms with Gasteiger partial charge in [-0.25, -0.2) is 0 Å². The average molecular weight is 275 g/mol. The van der Waals surface area contributed by atoms with Crippen LogP contribution < -0.4 is 14.2 Å². The number of azide groups is 1. The minimum Gasteiger partial charge on any atom is -0.496 e. The monoisotopic (exact) mass is 275 g/mol. The predicted molar refractivity (Wildman–Crippen MR) is 75.5 cm³/mol. The molecule has 1 aromatic rings. The second-order valence-electron chi connectivity index (χ2n) is 4.79. The smallest absolute Gasteiger partial charge is 0.130 e. The highest BCUT2D eigenvalue weighted by Crippen LogP contribution is 2.48. The second kappa shape index (κ2) is 5.35. The van der Waals surface area contributed by atoms with E-state index in [1.807, 2.05) is 6.92 Å². The van der Waals surface area contributed by atoms with E-state index in [9.17, 15) is 0 Å². The first-order valence-electron chi connectivity index (χ1n) is 6.17. The average Bonchev–Trinajstić information content (AvgIpc) is 2.46. The lowest BCUT2D eigenvalue weighted by Gasteiger charge is -2.38. The van der Waals surface area contributed by atoms with Crippen LogP contribution in [0.4, 0.5) is 0 Å². The van der Waals surface area contributed by atoms with Crippen molar-refractivity contribution in [2.75, 3.05) is 20.8 Å². The van der Waals surface area contributed by atoms with Gasteiger partial charge >= 0.3 is 0 Å². The van der Waals surface area contributed by atoms with Crippen LogP contribution in [0.2, 0.25) is 0 Å². The molecule has 0 fully saturated rings. The van der Waals surface area contributed by atoms with E-state index in [1.54, 1.807) is 32.4 Å². The van der Waals surface area contributed by atoms with Crippen molar-refractivity contribution in [1.82, 2.24) is 0 Å². The first kappa shape index (κ1) is 14.1. The topological polar surface area (TPSA) is 76.5 Å². The Morgan fingerprint density at radius 3 is 2.80 bits per heavy atom. The van der Waals surface area contributed by atoms with Gasteiger partial charge in [-0.1, -0.05) is 11.2 Å². The van der Waals surface area contributed by atoms with Gasteiger partial charge in [0, 0.05) is 28.5 Å².